The van der Waals surface area contributed by atoms with Crippen LogP contribution in [0.5, 0.6) is 0 Å². The summed E-state index contributed by atoms with van der Waals surface area (Å²) in [6, 6.07) is 5.87. The van der Waals surface area contributed by atoms with Crippen LogP contribution in [0.2, 0.25) is 0 Å². The Hall–Kier alpha value is -1.09. The van der Waals surface area contributed by atoms with Gasteiger partial charge in [-0.3, -0.25) is 4.90 Å². The summed E-state index contributed by atoms with van der Waals surface area (Å²) in [4.78, 5) is 2.52. The van der Waals surface area contributed by atoms with Gasteiger partial charge in [-0.25, -0.2) is 4.39 Å². The molecule has 3 heteroatoms. The van der Waals surface area contributed by atoms with Gasteiger partial charge in [-0.1, -0.05) is 32.8 Å². The summed E-state index contributed by atoms with van der Waals surface area (Å²) in [6.45, 7) is 6.40. The lowest BCUT2D eigenvalue weighted by atomic mass is 10.1. The molecule has 2 nitrogen and oxygen atoms in total. The Morgan fingerprint density at radius 1 is 1.32 bits per heavy atom. The van der Waals surface area contributed by atoms with Crippen molar-refractivity contribution in [3.05, 3.63) is 29.6 Å². The van der Waals surface area contributed by atoms with Crippen LogP contribution in [-0.2, 0) is 6.54 Å². The smallest absolute Gasteiger partial charge is 0.146 e. The third-order valence-corrected chi connectivity index (χ3v) is 3.89. The zero-order chi connectivity index (χ0) is 13.8. The van der Waals surface area contributed by atoms with E-state index in [0.29, 0.717) is 12.0 Å². The first-order chi connectivity index (χ1) is 9.06. The third-order valence-electron chi connectivity index (χ3n) is 3.89. The first kappa shape index (κ1) is 14.3. The highest BCUT2D eigenvalue weighted by atomic mass is 19.1. The summed E-state index contributed by atoms with van der Waals surface area (Å²) >= 11 is 0. The number of hydrogen-bond acceptors (Lipinski definition) is 2. The SMILES string of the molecule is CC(C)CN(Cc1ccc(N)c(F)c1)C1CCCC1. The maximum Gasteiger partial charge on any atom is 0.146 e. The van der Waals surface area contributed by atoms with E-state index in [9.17, 15) is 4.39 Å². The van der Waals surface area contributed by atoms with Crippen LogP contribution in [0.4, 0.5) is 10.1 Å². The third kappa shape index (κ3) is 3.93. The molecule has 1 aromatic rings. The molecule has 0 radical (unpaired) electrons. The first-order valence-corrected chi connectivity index (χ1v) is 7.34. The molecule has 1 aliphatic carbocycles. The second-order valence-corrected chi connectivity index (χ2v) is 6.12. The molecule has 0 aromatic heterocycles. The molecule has 2 rings (SSSR count). The van der Waals surface area contributed by atoms with Crippen LogP contribution >= 0.6 is 0 Å². The topological polar surface area (TPSA) is 29.3 Å². The number of rotatable bonds is 5. The monoisotopic (exact) mass is 264 g/mol. The predicted molar refractivity (Wildman–Crippen MR) is 78.3 cm³/mol. The summed E-state index contributed by atoms with van der Waals surface area (Å²) in [5, 5.41) is 0. The van der Waals surface area contributed by atoms with Crippen molar-refractivity contribution in [1.29, 1.82) is 0 Å². The van der Waals surface area contributed by atoms with Crippen molar-refractivity contribution in [2.24, 2.45) is 5.92 Å². The second kappa shape index (κ2) is 6.38. The average molecular weight is 264 g/mol. The molecule has 1 aliphatic rings. The molecule has 0 amide bonds. The highest BCUT2D eigenvalue weighted by Gasteiger charge is 2.23. The van der Waals surface area contributed by atoms with Gasteiger partial charge in [-0.15, -0.1) is 0 Å². The summed E-state index contributed by atoms with van der Waals surface area (Å²) in [5.74, 6) is 0.340. The molecule has 0 saturated heterocycles. The van der Waals surface area contributed by atoms with E-state index in [1.54, 1.807) is 12.1 Å². The number of nitrogens with zero attached hydrogens (tertiary/aromatic N) is 1. The van der Waals surface area contributed by atoms with Crippen LogP contribution in [0.1, 0.15) is 45.1 Å². The molecule has 0 heterocycles. The lowest BCUT2D eigenvalue weighted by molar-refractivity contribution is 0.168. The van der Waals surface area contributed by atoms with Crippen molar-refractivity contribution in [2.45, 2.75) is 52.1 Å². The molecular formula is C16H25FN2. The Balaban J connectivity index is 2.07. The predicted octanol–water partition coefficient (Wildman–Crippen LogP) is 3.81. The number of anilines is 1. The van der Waals surface area contributed by atoms with Crippen molar-refractivity contribution in [3.8, 4) is 0 Å². The highest BCUT2D eigenvalue weighted by Crippen LogP contribution is 2.26. The van der Waals surface area contributed by atoms with E-state index in [1.165, 1.54) is 25.7 Å². The second-order valence-electron chi connectivity index (χ2n) is 6.12. The molecule has 1 saturated carbocycles. The van der Waals surface area contributed by atoms with Crippen LogP contribution in [0.3, 0.4) is 0 Å². The van der Waals surface area contributed by atoms with Crippen LogP contribution in [0, 0.1) is 11.7 Å². The fraction of sp³-hybridized carbons (Fsp3) is 0.625. The van der Waals surface area contributed by atoms with Gasteiger partial charge in [0.05, 0.1) is 5.69 Å². The number of benzene rings is 1. The zero-order valence-electron chi connectivity index (χ0n) is 12.0. The van der Waals surface area contributed by atoms with Gasteiger partial charge in [0.25, 0.3) is 0 Å². The van der Waals surface area contributed by atoms with Crippen molar-refractivity contribution in [3.63, 3.8) is 0 Å². The number of halogens is 1. The van der Waals surface area contributed by atoms with Crippen LogP contribution < -0.4 is 5.73 Å². The fourth-order valence-electron chi connectivity index (χ4n) is 2.98. The molecule has 1 fully saturated rings. The summed E-state index contributed by atoms with van der Waals surface area (Å²) < 4.78 is 13.5. The van der Waals surface area contributed by atoms with E-state index in [4.69, 9.17) is 5.73 Å². The average Bonchev–Trinajstić information content (AvgIpc) is 2.86. The van der Waals surface area contributed by atoms with E-state index in [-0.39, 0.29) is 11.5 Å². The van der Waals surface area contributed by atoms with E-state index < -0.39 is 0 Å². The highest BCUT2D eigenvalue weighted by molar-refractivity contribution is 5.41. The minimum absolute atomic E-state index is 0.236. The van der Waals surface area contributed by atoms with Crippen molar-refractivity contribution in [1.82, 2.24) is 4.90 Å². The summed E-state index contributed by atoms with van der Waals surface area (Å²) in [6.07, 6.45) is 5.22. The molecule has 2 N–H and O–H groups in total. The Morgan fingerprint density at radius 2 is 2.00 bits per heavy atom. The van der Waals surface area contributed by atoms with Gasteiger partial charge in [0.1, 0.15) is 5.82 Å². The molecule has 0 spiro atoms. The molecule has 19 heavy (non-hydrogen) atoms. The molecular weight excluding hydrogens is 239 g/mol. The fourth-order valence-corrected chi connectivity index (χ4v) is 2.98. The van der Waals surface area contributed by atoms with E-state index in [0.717, 1.165) is 18.7 Å². The number of hydrogen-bond donors (Lipinski definition) is 1. The van der Waals surface area contributed by atoms with Gasteiger partial charge in [0, 0.05) is 19.1 Å². The van der Waals surface area contributed by atoms with Gasteiger partial charge in [-0.05, 0) is 36.5 Å². The van der Waals surface area contributed by atoms with Gasteiger partial charge in [0.15, 0.2) is 0 Å². The lowest BCUT2D eigenvalue weighted by Crippen LogP contribution is -2.35. The Kier molecular flexibility index (Phi) is 4.81. The number of nitrogen functional groups attached to an aromatic ring is 1. The molecule has 0 unspecified atom stereocenters. The van der Waals surface area contributed by atoms with E-state index in [2.05, 4.69) is 18.7 Å². The Labute approximate surface area is 115 Å². The Bertz CT molecular complexity index is 411. The maximum absolute atomic E-state index is 13.5. The standard InChI is InChI=1S/C16H25FN2/c1-12(2)10-19(14-5-3-4-6-14)11-13-7-8-16(18)15(17)9-13/h7-9,12,14H,3-6,10-11,18H2,1-2H3. The maximum atomic E-state index is 13.5. The number of nitrogens with two attached hydrogens (primary N) is 1. The van der Waals surface area contributed by atoms with Crippen molar-refractivity contribution < 1.29 is 4.39 Å². The minimum Gasteiger partial charge on any atom is -0.396 e. The molecule has 1 aromatic carbocycles. The Morgan fingerprint density at radius 3 is 2.58 bits per heavy atom. The van der Waals surface area contributed by atoms with Gasteiger partial charge < -0.3 is 5.73 Å². The van der Waals surface area contributed by atoms with Gasteiger partial charge in [0.2, 0.25) is 0 Å². The minimum atomic E-state index is -0.298. The van der Waals surface area contributed by atoms with Gasteiger partial charge in [-0.2, -0.15) is 0 Å². The molecule has 0 aliphatic heterocycles. The molecule has 0 bridgehead atoms. The molecule has 0 atom stereocenters. The van der Waals surface area contributed by atoms with Crippen LogP contribution in [0.25, 0.3) is 0 Å². The lowest BCUT2D eigenvalue weighted by Gasteiger charge is -2.30. The van der Waals surface area contributed by atoms with Crippen LogP contribution in [0.15, 0.2) is 18.2 Å². The van der Waals surface area contributed by atoms with Crippen molar-refractivity contribution >= 4 is 5.69 Å². The quantitative estimate of drug-likeness (QED) is 0.819. The normalized spacial score (nSPS) is 16.7. The van der Waals surface area contributed by atoms with E-state index in [1.807, 2.05) is 6.07 Å². The molecule has 106 valence electrons. The summed E-state index contributed by atoms with van der Waals surface area (Å²) in [5.41, 5.74) is 6.80. The van der Waals surface area contributed by atoms with Crippen molar-refractivity contribution in [2.75, 3.05) is 12.3 Å². The first-order valence-electron chi connectivity index (χ1n) is 7.34. The van der Waals surface area contributed by atoms with Crippen LogP contribution in [-0.4, -0.2) is 17.5 Å². The zero-order valence-corrected chi connectivity index (χ0v) is 12.0. The van der Waals surface area contributed by atoms with Gasteiger partial charge >= 0.3 is 0 Å². The van der Waals surface area contributed by atoms with E-state index >= 15 is 0 Å². The largest absolute Gasteiger partial charge is 0.396 e. The summed E-state index contributed by atoms with van der Waals surface area (Å²) in [7, 11) is 0.